The highest BCUT2D eigenvalue weighted by Crippen LogP contribution is 2.59. The van der Waals surface area contributed by atoms with Crippen LogP contribution in [0.1, 0.15) is 23.5 Å². The Hall–Kier alpha value is -0.820. The van der Waals surface area contributed by atoms with Gasteiger partial charge in [-0.1, -0.05) is 24.3 Å². The van der Waals surface area contributed by atoms with Gasteiger partial charge in [0, 0.05) is 6.61 Å². The van der Waals surface area contributed by atoms with Crippen molar-refractivity contribution in [2.45, 2.75) is 18.8 Å². The minimum atomic E-state index is 0.379. The van der Waals surface area contributed by atoms with Gasteiger partial charge in [-0.2, -0.15) is 0 Å². The van der Waals surface area contributed by atoms with Crippen molar-refractivity contribution in [2.24, 2.45) is 11.8 Å². The molecule has 2 aliphatic carbocycles. The third-order valence-corrected chi connectivity index (χ3v) is 3.70. The lowest BCUT2D eigenvalue weighted by atomic mass is 9.92. The van der Waals surface area contributed by atoms with Crippen LogP contribution in [0.2, 0.25) is 0 Å². The maximum Gasteiger partial charge on any atom is 0.0468 e. The van der Waals surface area contributed by atoms with Crippen LogP contribution in [-0.4, -0.2) is 11.7 Å². The van der Waals surface area contributed by atoms with Gasteiger partial charge in [-0.15, -0.1) is 0 Å². The molecule has 2 aliphatic rings. The van der Waals surface area contributed by atoms with Crippen molar-refractivity contribution in [1.29, 1.82) is 0 Å². The van der Waals surface area contributed by atoms with Crippen LogP contribution in [-0.2, 0) is 6.42 Å². The molecule has 0 aromatic heterocycles. The number of hydrogen-bond acceptors (Lipinski definition) is 1. The van der Waals surface area contributed by atoms with E-state index in [2.05, 4.69) is 24.3 Å². The van der Waals surface area contributed by atoms with Crippen LogP contribution in [0.25, 0.3) is 0 Å². The molecular formula is C12H14O. The lowest BCUT2D eigenvalue weighted by molar-refractivity contribution is 0.266. The molecule has 1 heteroatoms. The summed E-state index contributed by atoms with van der Waals surface area (Å²) in [6.07, 6.45) is 2.50. The summed E-state index contributed by atoms with van der Waals surface area (Å²) in [6, 6.07) is 8.71. The molecule has 1 N–H and O–H groups in total. The normalized spacial score (nSPS) is 35.0. The number of hydrogen-bond donors (Lipinski definition) is 1. The van der Waals surface area contributed by atoms with Gasteiger partial charge in [0.25, 0.3) is 0 Å². The minimum absolute atomic E-state index is 0.379. The van der Waals surface area contributed by atoms with Gasteiger partial charge in [-0.3, -0.25) is 0 Å². The molecule has 68 valence electrons. The summed E-state index contributed by atoms with van der Waals surface area (Å²) >= 11 is 0. The van der Waals surface area contributed by atoms with Crippen molar-refractivity contribution >= 4 is 0 Å². The molecule has 3 unspecified atom stereocenters. The van der Waals surface area contributed by atoms with E-state index in [1.54, 1.807) is 0 Å². The van der Waals surface area contributed by atoms with Crippen LogP contribution in [0.15, 0.2) is 24.3 Å². The van der Waals surface area contributed by atoms with Crippen LogP contribution in [0.4, 0.5) is 0 Å². The Bertz CT molecular complexity index is 328. The van der Waals surface area contributed by atoms with Gasteiger partial charge in [-0.25, -0.2) is 0 Å². The van der Waals surface area contributed by atoms with E-state index >= 15 is 0 Å². The maximum atomic E-state index is 9.16. The standard InChI is InChI=1S/C12H14O/c13-7-11-10-6-5-8-3-1-2-4-9(8)12(10)11/h1-4,10-13H,5-7H2. The Kier molecular flexibility index (Phi) is 1.50. The first-order valence-electron chi connectivity index (χ1n) is 5.10. The van der Waals surface area contributed by atoms with Gasteiger partial charge in [0.2, 0.25) is 0 Å². The first-order chi connectivity index (χ1) is 6.42. The fraction of sp³-hybridized carbons (Fsp3) is 0.500. The number of benzene rings is 1. The van der Waals surface area contributed by atoms with E-state index in [4.69, 9.17) is 5.11 Å². The van der Waals surface area contributed by atoms with E-state index in [0.717, 1.165) is 5.92 Å². The van der Waals surface area contributed by atoms with Gasteiger partial charge in [0.1, 0.15) is 0 Å². The molecule has 0 bridgehead atoms. The summed E-state index contributed by atoms with van der Waals surface area (Å²) in [7, 11) is 0. The SMILES string of the molecule is OCC1C2CCc3ccccc3C12. The van der Waals surface area contributed by atoms with E-state index in [-0.39, 0.29) is 0 Å². The van der Waals surface area contributed by atoms with Crippen molar-refractivity contribution in [2.75, 3.05) is 6.61 Å². The Morgan fingerprint density at radius 3 is 3.00 bits per heavy atom. The zero-order valence-electron chi connectivity index (χ0n) is 7.61. The third-order valence-electron chi connectivity index (χ3n) is 3.70. The Morgan fingerprint density at radius 2 is 2.15 bits per heavy atom. The summed E-state index contributed by atoms with van der Waals surface area (Å²) < 4.78 is 0. The van der Waals surface area contributed by atoms with Gasteiger partial charge >= 0.3 is 0 Å². The van der Waals surface area contributed by atoms with E-state index < -0.39 is 0 Å². The number of aliphatic hydroxyl groups excluding tert-OH is 1. The van der Waals surface area contributed by atoms with Crippen molar-refractivity contribution in [3.05, 3.63) is 35.4 Å². The Balaban J connectivity index is 2.00. The molecule has 3 atom stereocenters. The first-order valence-corrected chi connectivity index (χ1v) is 5.10. The largest absolute Gasteiger partial charge is 0.396 e. The second-order valence-corrected chi connectivity index (χ2v) is 4.27. The Morgan fingerprint density at radius 1 is 1.31 bits per heavy atom. The molecule has 1 aromatic rings. The molecule has 1 saturated carbocycles. The quantitative estimate of drug-likeness (QED) is 0.690. The fourth-order valence-electron chi connectivity index (χ4n) is 2.96. The van der Waals surface area contributed by atoms with Gasteiger partial charge < -0.3 is 5.11 Å². The molecule has 13 heavy (non-hydrogen) atoms. The van der Waals surface area contributed by atoms with Crippen molar-refractivity contribution in [3.8, 4) is 0 Å². The van der Waals surface area contributed by atoms with Crippen LogP contribution in [0, 0.1) is 11.8 Å². The highest BCUT2D eigenvalue weighted by atomic mass is 16.3. The van der Waals surface area contributed by atoms with Crippen molar-refractivity contribution < 1.29 is 5.11 Å². The summed E-state index contributed by atoms with van der Waals surface area (Å²) in [4.78, 5) is 0. The summed E-state index contributed by atoms with van der Waals surface area (Å²) in [6.45, 7) is 0.379. The lowest BCUT2D eigenvalue weighted by Crippen LogP contribution is -2.00. The zero-order chi connectivity index (χ0) is 8.84. The molecule has 0 spiro atoms. The van der Waals surface area contributed by atoms with E-state index in [0.29, 0.717) is 18.4 Å². The maximum absolute atomic E-state index is 9.16. The summed E-state index contributed by atoms with van der Waals surface area (Å²) in [5.74, 6) is 2.05. The topological polar surface area (TPSA) is 20.2 Å². The average Bonchev–Trinajstić information content (AvgIpc) is 2.91. The highest BCUT2D eigenvalue weighted by Gasteiger charge is 2.52. The first kappa shape index (κ1) is 7.57. The predicted molar refractivity (Wildman–Crippen MR) is 51.6 cm³/mol. The molecule has 1 fully saturated rings. The lowest BCUT2D eigenvalue weighted by Gasteiger charge is -2.13. The molecule has 1 nitrogen and oxygen atoms in total. The van der Waals surface area contributed by atoms with Gasteiger partial charge in [-0.05, 0) is 41.7 Å². The number of aliphatic hydroxyl groups is 1. The van der Waals surface area contributed by atoms with Crippen molar-refractivity contribution in [1.82, 2.24) is 0 Å². The Labute approximate surface area is 78.4 Å². The molecule has 0 amide bonds. The predicted octanol–water partition coefficient (Wildman–Crippen LogP) is 1.95. The smallest absolute Gasteiger partial charge is 0.0468 e. The molecule has 0 radical (unpaired) electrons. The summed E-state index contributed by atoms with van der Waals surface area (Å²) in [5.41, 5.74) is 3.03. The van der Waals surface area contributed by atoms with E-state index in [9.17, 15) is 0 Å². The van der Waals surface area contributed by atoms with Crippen molar-refractivity contribution in [3.63, 3.8) is 0 Å². The number of aryl methyl sites for hydroxylation is 1. The fourth-order valence-corrected chi connectivity index (χ4v) is 2.96. The molecule has 3 rings (SSSR count). The van der Waals surface area contributed by atoms with Gasteiger partial charge in [0.05, 0.1) is 0 Å². The monoisotopic (exact) mass is 174 g/mol. The highest BCUT2D eigenvalue weighted by molar-refractivity contribution is 5.39. The molecular weight excluding hydrogens is 160 g/mol. The van der Waals surface area contributed by atoms with Crippen LogP contribution in [0.3, 0.4) is 0 Å². The average molecular weight is 174 g/mol. The second kappa shape index (κ2) is 2.58. The summed E-state index contributed by atoms with van der Waals surface area (Å²) in [5, 5.41) is 9.16. The number of fused-ring (bicyclic) bond motifs is 3. The van der Waals surface area contributed by atoms with Crippen LogP contribution in [0.5, 0.6) is 0 Å². The van der Waals surface area contributed by atoms with Crippen LogP contribution >= 0.6 is 0 Å². The minimum Gasteiger partial charge on any atom is -0.396 e. The zero-order valence-corrected chi connectivity index (χ0v) is 7.61. The van der Waals surface area contributed by atoms with Gasteiger partial charge in [0.15, 0.2) is 0 Å². The molecule has 0 heterocycles. The molecule has 1 aromatic carbocycles. The molecule has 0 aliphatic heterocycles. The van der Waals surface area contributed by atoms with E-state index in [1.807, 2.05) is 0 Å². The third kappa shape index (κ3) is 0.969. The second-order valence-electron chi connectivity index (χ2n) is 4.27. The van der Waals surface area contributed by atoms with E-state index in [1.165, 1.54) is 24.0 Å². The molecule has 0 saturated heterocycles. The van der Waals surface area contributed by atoms with Crippen LogP contribution < -0.4 is 0 Å². The number of rotatable bonds is 1.